The average Bonchev–Trinajstić information content (AvgIpc) is 2.35. The fourth-order valence-corrected chi connectivity index (χ4v) is 2.78. The lowest BCUT2D eigenvalue weighted by Gasteiger charge is -2.10. The van der Waals surface area contributed by atoms with Crippen LogP contribution in [0.5, 0.6) is 11.5 Å². The number of rotatable bonds is 6. The van der Waals surface area contributed by atoms with Crippen LogP contribution in [0.4, 0.5) is 0 Å². The number of carboxylic acids is 1. The number of sulfone groups is 1. The molecule has 0 aromatic heterocycles. The Morgan fingerprint density at radius 1 is 1.28 bits per heavy atom. The first kappa shape index (κ1) is 14.3. The van der Waals surface area contributed by atoms with E-state index in [2.05, 4.69) is 0 Å². The van der Waals surface area contributed by atoms with Gasteiger partial charge in [-0.2, -0.15) is 0 Å². The smallest absolute Gasteiger partial charge is 0.304 e. The Balaban J connectivity index is 3.16. The molecule has 18 heavy (non-hydrogen) atoms. The van der Waals surface area contributed by atoms with Crippen molar-refractivity contribution in [2.45, 2.75) is 11.3 Å². The first-order chi connectivity index (χ1) is 8.40. The molecule has 1 N–H and O–H groups in total. The van der Waals surface area contributed by atoms with Crippen molar-refractivity contribution in [2.24, 2.45) is 0 Å². The third kappa shape index (κ3) is 3.36. The summed E-state index contributed by atoms with van der Waals surface area (Å²) in [6.07, 6.45) is -0.456. The summed E-state index contributed by atoms with van der Waals surface area (Å²) < 4.78 is 33.9. The normalized spacial score (nSPS) is 11.0. The lowest BCUT2D eigenvalue weighted by Crippen LogP contribution is -2.12. The number of carboxylic acid groups (broad SMARTS) is 1. The van der Waals surface area contributed by atoms with Gasteiger partial charge in [-0.25, -0.2) is 8.42 Å². The summed E-state index contributed by atoms with van der Waals surface area (Å²) in [5.74, 6) is -1.11. The Labute approximate surface area is 105 Å². The molecule has 0 aliphatic heterocycles. The van der Waals surface area contributed by atoms with Crippen molar-refractivity contribution in [3.8, 4) is 11.5 Å². The van der Waals surface area contributed by atoms with Gasteiger partial charge < -0.3 is 14.6 Å². The minimum Gasteiger partial charge on any atom is -0.497 e. The molecule has 1 aromatic rings. The third-order valence-corrected chi connectivity index (χ3v) is 4.02. The van der Waals surface area contributed by atoms with Crippen molar-refractivity contribution < 1.29 is 27.8 Å². The minimum absolute atomic E-state index is 0.0643. The molecule has 1 aromatic carbocycles. The number of ether oxygens (including phenoxy) is 2. The van der Waals surface area contributed by atoms with E-state index in [1.54, 1.807) is 6.07 Å². The van der Waals surface area contributed by atoms with E-state index in [4.69, 9.17) is 14.6 Å². The summed E-state index contributed by atoms with van der Waals surface area (Å²) in [7, 11) is -0.959. The van der Waals surface area contributed by atoms with Crippen molar-refractivity contribution in [1.82, 2.24) is 0 Å². The van der Waals surface area contributed by atoms with E-state index < -0.39 is 28.0 Å². The molecule has 7 heteroatoms. The van der Waals surface area contributed by atoms with Gasteiger partial charge >= 0.3 is 5.97 Å². The molecule has 0 heterocycles. The Morgan fingerprint density at radius 3 is 2.44 bits per heavy atom. The van der Waals surface area contributed by atoms with Crippen LogP contribution < -0.4 is 9.47 Å². The molecule has 1 rings (SSSR count). The van der Waals surface area contributed by atoms with E-state index in [-0.39, 0.29) is 10.6 Å². The van der Waals surface area contributed by atoms with Crippen LogP contribution in [0.3, 0.4) is 0 Å². The van der Waals surface area contributed by atoms with Gasteiger partial charge in [-0.1, -0.05) is 0 Å². The van der Waals surface area contributed by atoms with Crippen LogP contribution in [0.25, 0.3) is 0 Å². The molecule has 0 unspecified atom stereocenters. The topological polar surface area (TPSA) is 89.9 Å². The van der Waals surface area contributed by atoms with Crippen molar-refractivity contribution >= 4 is 15.8 Å². The molecule has 0 fully saturated rings. The molecule has 0 bridgehead atoms. The largest absolute Gasteiger partial charge is 0.497 e. The predicted octanol–water partition coefficient (Wildman–Crippen LogP) is 0.952. The molecule has 100 valence electrons. The highest BCUT2D eigenvalue weighted by Gasteiger charge is 2.21. The van der Waals surface area contributed by atoms with Gasteiger partial charge in [0.2, 0.25) is 0 Å². The number of aliphatic carboxylic acids is 1. The Hall–Kier alpha value is -1.76. The van der Waals surface area contributed by atoms with Gasteiger partial charge in [0, 0.05) is 6.07 Å². The third-order valence-electron chi connectivity index (χ3n) is 2.29. The van der Waals surface area contributed by atoms with Gasteiger partial charge in [0.25, 0.3) is 0 Å². The first-order valence-corrected chi connectivity index (χ1v) is 6.72. The lowest BCUT2D eigenvalue weighted by molar-refractivity contribution is -0.136. The van der Waals surface area contributed by atoms with Gasteiger partial charge in [0.15, 0.2) is 9.84 Å². The Bertz CT molecular complexity index is 534. The molecule has 0 atom stereocenters. The van der Waals surface area contributed by atoms with E-state index in [1.165, 1.54) is 26.4 Å². The van der Waals surface area contributed by atoms with E-state index in [0.717, 1.165) is 0 Å². The predicted molar refractivity (Wildman–Crippen MR) is 63.9 cm³/mol. The number of methoxy groups -OCH3 is 2. The van der Waals surface area contributed by atoms with Crippen LogP contribution in [-0.2, 0) is 14.6 Å². The molecular weight excluding hydrogens is 260 g/mol. The van der Waals surface area contributed by atoms with E-state index in [1.807, 2.05) is 0 Å². The summed E-state index contributed by atoms with van der Waals surface area (Å²) in [6.45, 7) is 0. The summed E-state index contributed by atoms with van der Waals surface area (Å²) in [6, 6.07) is 4.34. The Morgan fingerprint density at radius 2 is 1.94 bits per heavy atom. The van der Waals surface area contributed by atoms with E-state index in [0.29, 0.717) is 5.75 Å². The zero-order valence-electron chi connectivity index (χ0n) is 10.0. The van der Waals surface area contributed by atoms with Gasteiger partial charge in [-0.15, -0.1) is 0 Å². The summed E-state index contributed by atoms with van der Waals surface area (Å²) >= 11 is 0. The highest BCUT2D eigenvalue weighted by Crippen LogP contribution is 2.29. The molecule has 0 spiro atoms. The lowest BCUT2D eigenvalue weighted by atomic mass is 10.3. The molecule has 0 amide bonds. The van der Waals surface area contributed by atoms with Crippen LogP contribution in [0.2, 0.25) is 0 Å². The highest BCUT2D eigenvalue weighted by molar-refractivity contribution is 7.91. The van der Waals surface area contributed by atoms with E-state index >= 15 is 0 Å². The van der Waals surface area contributed by atoms with Gasteiger partial charge in [-0.3, -0.25) is 4.79 Å². The highest BCUT2D eigenvalue weighted by atomic mass is 32.2. The van der Waals surface area contributed by atoms with Crippen LogP contribution in [0.15, 0.2) is 23.1 Å². The number of benzene rings is 1. The molecular formula is C11H14O6S. The molecule has 0 aliphatic carbocycles. The summed E-state index contributed by atoms with van der Waals surface area (Å²) in [4.78, 5) is 10.4. The van der Waals surface area contributed by atoms with Crippen molar-refractivity contribution in [3.63, 3.8) is 0 Å². The monoisotopic (exact) mass is 274 g/mol. The van der Waals surface area contributed by atoms with Crippen LogP contribution in [0.1, 0.15) is 6.42 Å². The van der Waals surface area contributed by atoms with Crippen molar-refractivity contribution in [1.29, 1.82) is 0 Å². The molecule has 0 aliphatic rings. The summed E-state index contributed by atoms with van der Waals surface area (Å²) in [5, 5.41) is 8.53. The molecule has 6 nitrogen and oxygen atoms in total. The van der Waals surface area contributed by atoms with Crippen LogP contribution in [0, 0.1) is 0 Å². The first-order valence-electron chi connectivity index (χ1n) is 5.07. The SMILES string of the molecule is COc1ccc(OC)c(S(=O)(=O)CCC(=O)O)c1. The van der Waals surface area contributed by atoms with Gasteiger partial charge in [0.1, 0.15) is 16.4 Å². The minimum atomic E-state index is -3.72. The fourth-order valence-electron chi connectivity index (χ4n) is 1.36. The fraction of sp³-hybridized carbons (Fsp3) is 0.364. The van der Waals surface area contributed by atoms with Gasteiger partial charge in [0.05, 0.1) is 26.4 Å². The maximum atomic E-state index is 12.0. The number of hydrogen-bond acceptors (Lipinski definition) is 5. The maximum absolute atomic E-state index is 12.0. The van der Waals surface area contributed by atoms with Crippen molar-refractivity contribution in [3.05, 3.63) is 18.2 Å². The second kappa shape index (κ2) is 5.72. The molecule has 0 saturated carbocycles. The second-order valence-electron chi connectivity index (χ2n) is 3.48. The summed E-state index contributed by atoms with van der Waals surface area (Å²) in [5.41, 5.74) is 0. The molecule has 0 saturated heterocycles. The Kier molecular flexibility index (Phi) is 4.55. The maximum Gasteiger partial charge on any atom is 0.304 e. The second-order valence-corrected chi connectivity index (χ2v) is 5.56. The van der Waals surface area contributed by atoms with Crippen LogP contribution in [-0.4, -0.2) is 39.5 Å². The van der Waals surface area contributed by atoms with Gasteiger partial charge in [-0.05, 0) is 12.1 Å². The zero-order valence-corrected chi connectivity index (χ0v) is 10.9. The molecule has 0 radical (unpaired) electrons. The zero-order chi connectivity index (χ0) is 13.8. The number of carbonyl (C=O) groups is 1. The van der Waals surface area contributed by atoms with Crippen LogP contribution >= 0.6 is 0 Å². The van der Waals surface area contributed by atoms with Crippen molar-refractivity contribution in [2.75, 3.05) is 20.0 Å². The van der Waals surface area contributed by atoms with E-state index in [9.17, 15) is 13.2 Å². The number of hydrogen-bond donors (Lipinski definition) is 1. The average molecular weight is 274 g/mol. The standard InChI is InChI=1S/C11H14O6S/c1-16-8-3-4-9(17-2)10(7-8)18(14,15)6-5-11(12)13/h3-4,7H,5-6H2,1-2H3,(H,12,13). The quantitative estimate of drug-likeness (QED) is 0.830.